The van der Waals surface area contributed by atoms with Gasteiger partial charge in [0.05, 0.1) is 12.5 Å². The second-order valence-electron chi connectivity index (χ2n) is 10.6. The number of anilines is 1. The van der Waals surface area contributed by atoms with Gasteiger partial charge in [0, 0.05) is 49.4 Å². The lowest BCUT2D eigenvalue weighted by Gasteiger charge is -2.41. The number of piperidine rings is 1. The van der Waals surface area contributed by atoms with Crippen LogP contribution in [-0.4, -0.2) is 71.6 Å². The van der Waals surface area contributed by atoms with Crippen LogP contribution in [0.2, 0.25) is 0 Å². The highest BCUT2D eigenvalue weighted by atomic mass is 19.4. The van der Waals surface area contributed by atoms with Gasteiger partial charge >= 0.3 is 12.3 Å². The van der Waals surface area contributed by atoms with Gasteiger partial charge in [0.2, 0.25) is 5.67 Å². The summed E-state index contributed by atoms with van der Waals surface area (Å²) in [5.41, 5.74) is -2.91. The van der Waals surface area contributed by atoms with Crippen LogP contribution >= 0.6 is 0 Å². The first-order valence-corrected chi connectivity index (χ1v) is 12.0. The molecule has 37 heavy (non-hydrogen) atoms. The molecular formula is C25H29F5N4O3. The van der Waals surface area contributed by atoms with Crippen molar-refractivity contribution >= 4 is 28.6 Å². The SMILES string of the molecule is CC(C)(C)OC(=O)N1CCC(F)(C(=O)NC2CC(C(F)(F)F)CN(c3ccc(F)c4ncccc34)C2)C1. The van der Waals surface area contributed by atoms with E-state index in [2.05, 4.69) is 10.3 Å². The minimum Gasteiger partial charge on any atom is -0.444 e. The Kier molecular flexibility index (Phi) is 6.98. The summed E-state index contributed by atoms with van der Waals surface area (Å²) in [5.74, 6) is -3.48. The highest BCUT2D eigenvalue weighted by molar-refractivity contribution is 5.92. The number of carbonyl (C=O) groups is 2. The van der Waals surface area contributed by atoms with Crippen molar-refractivity contribution in [2.45, 2.75) is 57.1 Å². The average Bonchev–Trinajstić information content (AvgIpc) is 3.21. The molecule has 0 aliphatic carbocycles. The second-order valence-corrected chi connectivity index (χ2v) is 10.6. The monoisotopic (exact) mass is 528 g/mol. The summed E-state index contributed by atoms with van der Waals surface area (Å²) in [4.78, 5) is 31.7. The predicted molar refractivity (Wildman–Crippen MR) is 126 cm³/mol. The zero-order valence-electron chi connectivity index (χ0n) is 20.7. The Morgan fingerprint density at radius 1 is 1.16 bits per heavy atom. The van der Waals surface area contributed by atoms with Crippen LogP contribution in [0.4, 0.5) is 32.4 Å². The first-order valence-electron chi connectivity index (χ1n) is 12.0. The topological polar surface area (TPSA) is 74.8 Å². The Bertz CT molecular complexity index is 1190. The van der Waals surface area contributed by atoms with E-state index in [1.54, 1.807) is 32.9 Å². The number of nitrogens with zero attached hydrogens (tertiary/aromatic N) is 3. The quantitative estimate of drug-likeness (QED) is 0.590. The van der Waals surface area contributed by atoms with E-state index >= 15 is 4.39 Å². The van der Waals surface area contributed by atoms with E-state index in [1.807, 2.05) is 0 Å². The molecule has 2 saturated heterocycles. The number of hydrogen-bond donors (Lipinski definition) is 1. The van der Waals surface area contributed by atoms with Crippen molar-refractivity contribution in [1.82, 2.24) is 15.2 Å². The number of aromatic nitrogens is 1. The normalized spacial score (nSPS) is 24.9. The minimum absolute atomic E-state index is 0.0191. The molecule has 202 valence electrons. The highest BCUT2D eigenvalue weighted by Crippen LogP contribution is 2.38. The van der Waals surface area contributed by atoms with E-state index in [-0.39, 0.29) is 25.0 Å². The molecule has 1 aromatic carbocycles. The van der Waals surface area contributed by atoms with Crippen LogP contribution in [0.25, 0.3) is 10.9 Å². The maximum Gasteiger partial charge on any atom is 0.410 e. The van der Waals surface area contributed by atoms with Crippen LogP contribution in [0.3, 0.4) is 0 Å². The van der Waals surface area contributed by atoms with Gasteiger partial charge in [0.15, 0.2) is 0 Å². The van der Waals surface area contributed by atoms with Gasteiger partial charge in [-0.25, -0.2) is 13.6 Å². The Morgan fingerprint density at radius 2 is 1.89 bits per heavy atom. The molecule has 0 radical (unpaired) electrons. The fourth-order valence-corrected chi connectivity index (χ4v) is 4.79. The molecule has 0 bridgehead atoms. The van der Waals surface area contributed by atoms with Crippen LogP contribution in [0.1, 0.15) is 33.6 Å². The van der Waals surface area contributed by atoms with Crippen molar-refractivity contribution < 1.29 is 36.3 Å². The number of alkyl halides is 4. The maximum atomic E-state index is 15.6. The summed E-state index contributed by atoms with van der Waals surface area (Å²) in [6.45, 7) is 3.91. The third kappa shape index (κ3) is 5.88. The van der Waals surface area contributed by atoms with E-state index in [1.165, 1.54) is 17.2 Å². The summed E-state index contributed by atoms with van der Waals surface area (Å²) in [5, 5.41) is 2.78. The van der Waals surface area contributed by atoms with Gasteiger partial charge in [-0.1, -0.05) is 0 Å². The third-order valence-corrected chi connectivity index (χ3v) is 6.56. The van der Waals surface area contributed by atoms with Crippen LogP contribution in [0.5, 0.6) is 0 Å². The number of nitrogens with one attached hydrogen (secondary N) is 1. The molecule has 2 aliphatic rings. The molecule has 4 rings (SSSR count). The number of ether oxygens (including phenoxy) is 1. The molecule has 3 heterocycles. The van der Waals surface area contributed by atoms with E-state index in [4.69, 9.17) is 4.74 Å². The second kappa shape index (κ2) is 9.60. The molecule has 7 nitrogen and oxygen atoms in total. The van der Waals surface area contributed by atoms with Crippen molar-refractivity contribution in [2.75, 3.05) is 31.1 Å². The number of benzene rings is 1. The number of fused-ring (bicyclic) bond motifs is 1. The van der Waals surface area contributed by atoms with E-state index in [9.17, 15) is 27.2 Å². The molecule has 2 aromatic rings. The van der Waals surface area contributed by atoms with Crippen LogP contribution in [0, 0.1) is 11.7 Å². The first kappa shape index (κ1) is 26.9. The molecule has 0 spiro atoms. The summed E-state index contributed by atoms with van der Waals surface area (Å²) in [6, 6.07) is 4.59. The smallest absolute Gasteiger partial charge is 0.410 e. The lowest BCUT2D eigenvalue weighted by Crippen LogP contribution is -2.57. The zero-order valence-corrected chi connectivity index (χ0v) is 20.7. The van der Waals surface area contributed by atoms with Gasteiger partial charge in [-0.15, -0.1) is 0 Å². The van der Waals surface area contributed by atoms with Crippen LogP contribution in [0.15, 0.2) is 30.5 Å². The summed E-state index contributed by atoms with van der Waals surface area (Å²) < 4.78 is 76.5. The van der Waals surface area contributed by atoms with Gasteiger partial charge < -0.3 is 19.9 Å². The van der Waals surface area contributed by atoms with Crippen molar-refractivity contribution in [3.05, 3.63) is 36.3 Å². The molecule has 3 atom stereocenters. The molecule has 2 aliphatic heterocycles. The average molecular weight is 529 g/mol. The van der Waals surface area contributed by atoms with E-state index < -0.39 is 66.7 Å². The van der Waals surface area contributed by atoms with E-state index in [0.717, 1.165) is 11.0 Å². The Balaban J connectivity index is 1.53. The van der Waals surface area contributed by atoms with Gasteiger partial charge in [-0.05, 0) is 51.5 Å². The van der Waals surface area contributed by atoms with Gasteiger partial charge in [0.25, 0.3) is 5.91 Å². The molecule has 0 saturated carbocycles. The number of likely N-dealkylation sites (tertiary alicyclic amines) is 1. The Morgan fingerprint density at radius 3 is 2.57 bits per heavy atom. The van der Waals surface area contributed by atoms with Crippen molar-refractivity contribution in [3.8, 4) is 0 Å². The Labute approximate surface area is 210 Å². The van der Waals surface area contributed by atoms with Gasteiger partial charge in [-0.2, -0.15) is 13.2 Å². The minimum atomic E-state index is -4.57. The number of amides is 2. The molecule has 3 unspecified atom stereocenters. The lowest BCUT2D eigenvalue weighted by atomic mass is 9.92. The molecule has 12 heteroatoms. The van der Waals surface area contributed by atoms with Crippen molar-refractivity contribution in [3.63, 3.8) is 0 Å². The maximum absolute atomic E-state index is 15.6. The van der Waals surface area contributed by atoms with Gasteiger partial charge in [-0.3, -0.25) is 9.78 Å². The predicted octanol–water partition coefficient (Wildman–Crippen LogP) is 4.60. The lowest BCUT2D eigenvalue weighted by molar-refractivity contribution is -0.178. The fourth-order valence-electron chi connectivity index (χ4n) is 4.79. The molecular weight excluding hydrogens is 499 g/mol. The number of carbonyl (C=O) groups excluding carboxylic acids is 2. The largest absolute Gasteiger partial charge is 0.444 e. The summed E-state index contributed by atoms with van der Waals surface area (Å²) >= 11 is 0. The van der Waals surface area contributed by atoms with Crippen molar-refractivity contribution in [2.24, 2.45) is 5.92 Å². The molecule has 1 N–H and O–H groups in total. The molecule has 2 amide bonds. The number of pyridine rings is 1. The summed E-state index contributed by atoms with van der Waals surface area (Å²) in [6.07, 6.45) is -4.68. The molecule has 2 fully saturated rings. The van der Waals surface area contributed by atoms with E-state index in [0.29, 0.717) is 11.1 Å². The standard InChI is InChI=1S/C25H29F5N4O3/c1-23(2,3)37-22(36)33-10-8-24(27,14-33)21(35)32-16-11-15(25(28,29)30)12-34(13-16)19-7-6-18(26)20-17(19)5-4-9-31-20/h4-7,9,15-16H,8,10-14H2,1-3H3,(H,32,35). The number of halogens is 5. The third-order valence-electron chi connectivity index (χ3n) is 6.56. The van der Waals surface area contributed by atoms with Crippen molar-refractivity contribution in [1.29, 1.82) is 0 Å². The Hall–Kier alpha value is -3.18. The van der Waals surface area contributed by atoms with Crippen LogP contribution < -0.4 is 10.2 Å². The highest BCUT2D eigenvalue weighted by Gasteiger charge is 2.50. The van der Waals surface area contributed by atoms with Gasteiger partial charge in [0.1, 0.15) is 16.9 Å². The zero-order chi connectivity index (χ0) is 27.2. The number of rotatable bonds is 3. The fraction of sp³-hybridized carbons (Fsp3) is 0.560. The molecule has 1 aromatic heterocycles. The first-order chi connectivity index (χ1) is 17.2. The van der Waals surface area contributed by atoms with Crippen LogP contribution in [-0.2, 0) is 9.53 Å². The summed E-state index contributed by atoms with van der Waals surface area (Å²) in [7, 11) is 0. The number of hydrogen-bond acceptors (Lipinski definition) is 5.